The molecule has 3 aromatic carbocycles. The molecule has 0 saturated carbocycles. The smallest absolute Gasteiger partial charge is 0.327 e. The largest absolute Gasteiger partial charge is 0.507 e. The summed E-state index contributed by atoms with van der Waals surface area (Å²) >= 11 is 0. The minimum Gasteiger partial charge on any atom is -0.507 e. The molecule has 3 aliphatic heterocycles. The molecule has 0 bridgehead atoms. The Kier molecular flexibility index (Phi) is 9.59. The Labute approximate surface area is 280 Å². The number of hydrogen-bond acceptors (Lipinski definition) is 11. The van der Waals surface area contributed by atoms with Gasteiger partial charge in [-0.3, -0.25) is 14.5 Å². The molecule has 14 heteroatoms. The number of aliphatic carboxylic acids is 1. The third-order valence-corrected chi connectivity index (χ3v) is 9.00. The second kappa shape index (κ2) is 13.9. The van der Waals surface area contributed by atoms with E-state index < -0.39 is 66.9 Å². The first-order chi connectivity index (χ1) is 23.5. The molecule has 2 amide bonds. The predicted octanol–water partition coefficient (Wildman–Crippen LogP) is 0.962. The number of carboxylic acids is 1. The van der Waals surface area contributed by atoms with Crippen LogP contribution in [-0.4, -0.2) is 115 Å². The van der Waals surface area contributed by atoms with E-state index >= 15 is 0 Å². The third kappa shape index (κ3) is 6.82. The lowest BCUT2D eigenvalue weighted by atomic mass is 9.88. The molecule has 2 saturated heterocycles. The highest BCUT2D eigenvalue weighted by atomic mass is 16.7. The van der Waals surface area contributed by atoms with E-state index in [0.717, 1.165) is 16.5 Å². The van der Waals surface area contributed by atoms with Gasteiger partial charge in [0.25, 0.3) is 11.8 Å². The van der Waals surface area contributed by atoms with Gasteiger partial charge in [-0.1, -0.05) is 36.4 Å². The van der Waals surface area contributed by atoms with E-state index in [-0.39, 0.29) is 35.1 Å². The van der Waals surface area contributed by atoms with Crippen LogP contribution in [0.15, 0.2) is 66.7 Å². The summed E-state index contributed by atoms with van der Waals surface area (Å²) in [6.07, 6.45) is -4.88. The molecule has 0 aliphatic carbocycles. The van der Waals surface area contributed by atoms with E-state index in [1.54, 1.807) is 0 Å². The number of carbonyl (C=O) groups excluding carboxylic acids is 2. The van der Waals surface area contributed by atoms with Gasteiger partial charge in [-0.2, -0.15) is 0 Å². The van der Waals surface area contributed by atoms with E-state index in [4.69, 9.17) is 9.47 Å². The molecule has 14 nitrogen and oxygen atoms in total. The Hall–Kier alpha value is -4.99. The van der Waals surface area contributed by atoms with Crippen molar-refractivity contribution in [2.45, 2.75) is 55.5 Å². The number of anilines is 1. The van der Waals surface area contributed by atoms with E-state index in [2.05, 4.69) is 0 Å². The van der Waals surface area contributed by atoms with Gasteiger partial charge in [0, 0.05) is 31.1 Å². The number of aliphatic hydroxyl groups is 4. The maximum absolute atomic E-state index is 13.9. The first-order valence-corrected chi connectivity index (χ1v) is 15.7. The molecule has 258 valence electrons. The highest BCUT2D eigenvalue weighted by molar-refractivity contribution is 6.10. The zero-order chi connectivity index (χ0) is 35.0. The van der Waals surface area contributed by atoms with Crippen LogP contribution in [0.4, 0.5) is 5.69 Å². The molecule has 0 spiro atoms. The van der Waals surface area contributed by atoms with Gasteiger partial charge < -0.3 is 50.1 Å². The zero-order valence-electron chi connectivity index (χ0n) is 26.1. The average Bonchev–Trinajstić information content (AvgIpc) is 3.90. The van der Waals surface area contributed by atoms with Gasteiger partial charge in [0.1, 0.15) is 36.2 Å². The number of carboxylic acid groups (broad SMARTS) is 1. The Morgan fingerprint density at radius 3 is 2.33 bits per heavy atom. The summed E-state index contributed by atoms with van der Waals surface area (Å²) in [5.41, 5.74) is 1.85. The molecule has 7 atom stereocenters. The van der Waals surface area contributed by atoms with Crippen molar-refractivity contribution in [3.63, 3.8) is 0 Å². The summed E-state index contributed by atoms with van der Waals surface area (Å²) in [5, 5.41) is 72.2. The number of aromatic hydroxyl groups is 2. The maximum atomic E-state index is 13.9. The van der Waals surface area contributed by atoms with Gasteiger partial charge >= 0.3 is 5.97 Å². The normalized spacial score (nSPS) is 26.1. The molecule has 0 radical (unpaired) electrons. The number of ether oxygens (including phenoxy) is 2. The SMILES string of the molecule is O=C(O)[C@H]1[C@@H](CCc2ccccc2)c2cc(O)c(O[C@@H]3O[C@H](CO)[C@@H](O)[C@H](O)[C@H]3O)cc2N1C(=O)/C=C/c1ccc(O)c(C(=O)N2CC2)c1. The van der Waals surface area contributed by atoms with Gasteiger partial charge in [-0.15, -0.1) is 0 Å². The fourth-order valence-electron chi connectivity index (χ4n) is 6.28. The molecule has 2 fully saturated rings. The van der Waals surface area contributed by atoms with Gasteiger partial charge in [0.15, 0.2) is 11.5 Å². The van der Waals surface area contributed by atoms with Crippen molar-refractivity contribution in [1.29, 1.82) is 0 Å². The first kappa shape index (κ1) is 33.9. The van der Waals surface area contributed by atoms with Crippen molar-refractivity contribution in [3.8, 4) is 17.2 Å². The van der Waals surface area contributed by atoms with E-state index in [0.29, 0.717) is 30.6 Å². The third-order valence-electron chi connectivity index (χ3n) is 9.00. The van der Waals surface area contributed by atoms with E-state index in [1.807, 2.05) is 30.3 Å². The standard InChI is InChI=1S/C35H36N2O12/c38-17-27-30(42)31(43)32(44)35(49-27)48-26-16-23-21(15-25(26)40)20(9-6-18-4-2-1-3-5-18)29(34(46)47)37(23)28(41)11-8-19-7-10-24(39)22(14-19)33(45)36-12-13-36/h1-5,7-8,10-11,14-16,20,27,29-32,35,38-40,42-44H,6,9,12-13,17H2,(H,46,47)/b11-8+/t20-,27+,29+,30+,31-,32+,35+/m0/s1. The number of amides is 2. The summed E-state index contributed by atoms with van der Waals surface area (Å²) in [5.74, 6) is -4.19. The van der Waals surface area contributed by atoms with E-state index in [1.165, 1.54) is 41.3 Å². The van der Waals surface area contributed by atoms with Gasteiger partial charge in [0.2, 0.25) is 6.29 Å². The van der Waals surface area contributed by atoms with Crippen molar-refractivity contribution in [2.75, 3.05) is 24.6 Å². The van der Waals surface area contributed by atoms with Crippen LogP contribution >= 0.6 is 0 Å². The highest BCUT2D eigenvalue weighted by Gasteiger charge is 2.48. The second-order valence-electron chi connectivity index (χ2n) is 12.2. The Bertz CT molecular complexity index is 1760. The lowest BCUT2D eigenvalue weighted by Gasteiger charge is -2.39. The summed E-state index contributed by atoms with van der Waals surface area (Å²) in [6, 6.07) is 14.7. The fraction of sp³-hybridized carbons (Fsp3) is 0.343. The molecular formula is C35H36N2O12. The molecule has 49 heavy (non-hydrogen) atoms. The Morgan fingerprint density at radius 2 is 1.65 bits per heavy atom. The number of hydrogen-bond donors (Lipinski definition) is 7. The molecular weight excluding hydrogens is 640 g/mol. The molecule has 0 unspecified atom stereocenters. The van der Waals surface area contributed by atoms with E-state index in [9.17, 15) is 50.1 Å². The van der Waals surface area contributed by atoms with Crippen LogP contribution in [0.3, 0.4) is 0 Å². The van der Waals surface area contributed by atoms with Crippen LogP contribution < -0.4 is 9.64 Å². The minimum absolute atomic E-state index is 0.0634. The number of benzene rings is 3. The lowest BCUT2D eigenvalue weighted by Crippen LogP contribution is -2.60. The number of aryl methyl sites for hydroxylation is 1. The average molecular weight is 677 g/mol. The van der Waals surface area contributed by atoms with Crippen molar-refractivity contribution in [3.05, 3.63) is 89.0 Å². The number of aliphatic hydroxyl groups excluding tert-OH is 4. The Morgan fingerprint density at radius 1 is 0.918 bits per heavy atom. The minimum atomic E-state index is -1.80. The molecule has 3 aromatic rings. The van der Waals surface area contributed by atoms with Gasteiger partial charge in [0.05, 0.1) is 17.9 Å². The number of nitrogens with zero attached hydrogens (tertiary/aromatic N) is 2. The summed E-state index contributed by atoms with van der Waals surface area (Å²) in [7, 11) is 0. The van der Waals surface area contributed by atoms with Gasteiger partial charge in [-0.25, -0.2) is 4.79 Å². The highest BCUT2D eigenvalue weighted by Crippen LogP contribution is 2.48. The first-order valence-electron chi connectivity index (χ1n) is 15.7. The number of carbonyl (C=O) groups is 3. The van der Waals surface area contributed by atoms with Gasteiger partial charge in [-0.05, 0) is 53.8 Å². The maximum Gasteiger partial charge on any atom is 0.327 e. The van der Waals surface area contributed by atoms with Crippen molar-refractivity contribution in [1.82, 2.24) is 4.90 Å². The van der Waals surface area contributed by atoms with Crippen LogP contribution in [0.5, 0.6) is 17.2 Å². The topological polar surface area (TPSA) is 218 Å². The fourth-order valence-corrected chi connectivity index (χ4v) is 6.28. The van der Waals surface area contributed by atoms with Crippen LogP contribution in [0.1, 0.15) is 39.4 Å². The number of rotatable bonds is 10. The van der Waals surface area contributed by atoms with Crippen molar-refractivity contribution >= 4 is 29.5 Å². The zero-order valence-corrected chi connectivity index (χ0v) is 26.1. The quantitative estimate of drug-likeness (QED) is 0.118. The Balaban J connectivity index is 1.35. The summed E-state index contributed by atoms with van der Waals surface area (Å²) in [6.45, 7) is 0.434. The number of phenols is 2. The molecule has 0 aromatic heterocycles. The summed E-state index contributed by atoms with van der Waals surface area (Å²) < 4.78 is 11.1. The van der Waals surface area contributed by atoms with Crippen molar-refractivity contribution < 1.29 is 59.6 Å². The van der Waals surface area contributed by atoms with Crippen LogP contribution in [-0.2, 0) is 20.7 Å². The van der Waals surface area contributed by atoms with Crippen molar-refractivity contribution in [2.24, 2.45) is 0 Å². The molecule has 3 aliphatic rings. The number of fused-ring (bicyclic) bond motifs is 1. The van der Waals surface area contributed by atoms with Crippen LogP contribution in [0, 0.1) is 0 Å². The van der Waals surface area contributed by atoms with Crippen LogP contribution in [0.25, 0.3) is 6.08 Å². The molecule has 6 rings (SSSR count). The lowest BCUT2D eigenvalue weighted by molar-refractivity contribution is -0.277. The molecule has 3 heterocycles. The number of phenolic OH excluding ortho intramolecular Hbond substituents is 2. The predicted molar refractivity (Wildman–Crippen MR) is 172 cm³/mol. The molecule has 7 N–H and O–H groups in total. The summed E-state index contributed by atoms with van der Waals surface area (Å²) in [4.78, 5) is 41.9. The monoisotopic (exact) mass is 676 g/mol. The van der Waals surface area contributed by atoms with Crippen LogP contribution in [0.2, 0.25) is 0 Å². The second-order valence-corrected chi connectivity index (χ2v) is 12.2.